The summed E-state index contributed by atoms with van der Waals surface area (Å²) in [5.41, 5.74) is 2.73. The zero-order valence-corrected chi connectivity index (χ0v) is 12.3. The van der Waals surface area contributed by atoms with Crippen molar-refractivity contribution in [3.05, 3.63) is 58.6 Å². The van der Waals surface area contributed by atoms with Gasteiger partial charge >= 0.3 is 0 Å². The minimum absolute atomic E-state index is 0.305. The van der Waals surface area contributed by atoms with Crippen LogP contribution in [0.4, 0.5) is 15.9 Å². The van der Waals surface area contributed by atoms with Crippen molar-refractivity contribution >= 4 is 38.3 Å². The largest absolute Gasteiger partial charge is 0.340 e. The molecule has 0 aliphatic carbocycles. The summed E-state index contributed by atoms with van der Waals surface area (Å²) >= 11 is 3.49. The zero-order chi connectivity index (χ0) is 14.1. The van der Waals surface area contributed by atoms with Gasteiger partial charge in [-0.1, -0.05) is 22.0 Å². The van der Waals surface area contributed by atoms with Crippen LogP contribution in [0.15, 0.2) is 47.2 Å². The summed E-state index contributed by atoms with van der Waals surface area (Å²) in [6.07, 6.45) is 1.46. The molecule has 20 heavy (non-hydrogen) atoms. The quantitative estimate of drug-likeness (QED) is 0.746. The molecule has 100 valence electrons. The highest BCUT2D eigenvalue weighted by molar-refractivity contribution is 9.10. The van der Waals surface area contributed by atoms with Gasteiger partial charge in [0.15, 0.2) is 0 Å². The summed E-state index contributed by atoms with van der Waals surface area (Å²) in [5.74, 6) is 0.283. The molecule has 3 aromatic rings. The minimum Gasteiger partial charge on any atom is -0.340 e. The van der Waals surface area contributed by atoms with Gasteiger partial charge in [0.25, 0.3) is 0 Å². The Labute approximate surface area is 124 Å². The van der Waals surface area contributed by atoms with Crippen LogP contribution in [0.1, 0.15) is 5.56 Å². The van der Waals surface area contributed by atoms with Gasteiger partial charge in [0.1, 0.15) is 18.0 Å². The molecule has 5 heteroatoms. The third-order valence-electron chi connectivity index (χ3n) is 3.03. The zero-order valence-electron chi connectivity index (χ0n) is 10.7. The number of rotatable bonds is 2. The Bertz CT molecular complexity index is 789. The van der Waals surface area contributed by atoms with Gasteiger partial charge < -0.3 is 5.32 Å². The Kier molecular flexibility index (Phi) is 3.36. The first-order valence-electron chi connectivity index (χ1n) is 6.07. The predicted molar refractivity (Wildman–Crippen MR) is 81.7 cm³/mol. The van der Waals surface area contributed by atoms with E-state index in [0.717, 1.165) is 15.7 Å². The highest BCUT2D eigenvalue weighted by Gasteiger charge is 2.06. The Morgan fingerprint density at radius 1 is 1.10 bits per heavy atom. The molecule has 0 fully saturated rings. The van der Waals surface area contributed by atoms with E-state index in [1.807, 2.05) is 25.1 Å². The lowest BCUT2D eigenvalue weighted by molar-refractivity contribution is 0.629. The van der Waals surface area contributed by atoms with Crippen LogP contribution in [-0.2, 0) is 0 Å². The SMILES string of the molecule is Cc1ccc(Nc2ncnc3ccc(F)cc23)cc1Br. The van der Waals surface area contributed by atoms with E-state index >= 15 is 0 Å². The average molecular weight is 332 g/mol. The predicted octanol–water partition coefficient (Wildman–Crippen LogP) is 4.58. The van der Waals surface area contributed by atoms with E-state index in [4.69, 9.17) is 0 Å². The van der Waals surface area contributed by atoms with E-state index in [1.54, 1.807) is 6.07 Å². The first kappa shape index (κ1) is 13.0. The molecule has 0 radical (unpaired) electrons. The standard InChI is InChI=1S/C15H11BrFN3/c1-9-2-4-11(7-13(9)16)20-15-12-6-10(17)3-5-14(12)18-8-19-15/h2-8H,1H3,(H,18,19,20). The molecule has 0 saturated carbocycles. The molecular formula is C15H11BrFN3. The maximum Gasteiger partial charge on any atom is 0.141 e. The van der Waals surface area contributed by atoms with Crippen LogP contribution in [0, 0.1) is 12.7 Å². The second kappa shape index (κ2) is 5.17. The second-order valence-electron chi connectivity index (χ2n) is 4.47. The smallest absolute Gasteiger partial charge is 0.141 e. The molecule has 0 aliphatic heterocycles. The van der Waals surface area contributed by atoms with E-state index in [-0.39, 0.29) is 5.82 Å². The van der Waals surface area contributed by atoms with E-state index in [2.05, 4.69) is 31.2 Å². The van der Waals surface area contributed by atoms with Crippen molar-refractivity contribution in [1.82, 2.24) is 9.97 Å². The van der Waals surface area contributed by atoms with Gasteiger partial charge in [-0.15, -0.1) is 0 Å². The normalized spacial score (nSPS) is 10.8. The van der Waals surface area contributed by atoms with Gasteiger partial charge in [-0.3, -0.25) is 0 Å². The average Bonchev–Trinajstić information content (AvgIpc) is 2.44. The highest BCUT2D eigenvalue weighted by atomic mass is 79.9. The van der Waals surface area contributed by atoms with Crippen molar-refractivity contribution in [1.29, 1.82) is 0 Å². The molecule has 3 rings (SSSR count). The molecule has 1 N–H and O–H groups in total. The summed E-state index contributed by atoms with van der Waals surface area (Å²) in [5, 5.41) is 3.85. The van der Waals surface area contributed by atoms with Crippen molar-refractivity contribution in [2.45, 2.75) is 6.92 Å². The maximum atomic E-state index is 13.4. The molecule has 0 saturated heterocycles. The van der Waals surface area contributed by atoms with Crippen LogP contribution >= 0.6 is 15.9 Å². The number of fused-ring (bicyclic) bond motifs is 1. The highest BCUT2D eigenvalue weighted by Crippen LogP contribution is 2.26. The number of nitrogens with zero attached hydrogens (tertiary/aromatic N) is 2. The lowest BCUT2D eigenvalue weighted by Gasteiger charge is -2.09. The lowest BCUT2D eigenvalue weighted by Crippen LogP contribution is -1.96. The Morgan fingerprint density at radius 2 is 1.95 bits per heavy atom. The Morgan fingerprint density at radius 3 is 2.75 bits per heavy atom. The van der Waals surface area contributed by atoms with Crippen molar-refractivity contribution in [2.24, 2.45) is 0 Å². The lowest BCUT2D eigenvalue weighted by atomic mass is 10.2. The van der Waals surface area contributed by atoms with Crippen LogP contribution in [-0.4, -0.2) is 9.97 Å². The molecule has 0 unspecified atom stereocenters. The second-order valence-corrected chi connectivity index (χ2v) is 5.33. The van der Waals surface area contributed by atoms with Crippen LogP contribution in [0.3, 0.4) is 0 Å². The summed E-state index contributed by atoms with van der Waals surface area (Å²) in [4.78, 5) is 8.32. The van der Waals surface area contributed by atoms with Crippen LogP contribution in [0.2, 0.25) is 0 Å². The molecule has 2 aromatic carbocycles. The summed E-state index contributed by atoms with van der Waals surface area (Å²) in [6.45, 7) is 2.02. The van der Waals surface area contributed by atoms with E-state index in [1.165, 1.54) is 18.5 Å². The van der Waals surface area contributed by atoms with E-state index < -0.39 is 0 Å². The van der Waals surface area contributed by atoms with Gasteiger partial charge in [-0.2, -0.15) is 0 Å². The summed E-state index contributed by atoms with van der Waals surface area (Å²) in [6, 6.07) is 10.4. The number of halogens is 2. The molecule has 0 aliphatic rings. The minimum atomic E-state index is -0.305. The first-order valence-corrected chi connectivity index (χ1v) is 6.86. The number of anilines is 2. The van der Waals surface area contributed by atoms with Crippen molar-refractivity contribution < 1.29 is 4.39 Å². The number of nitrogens with one attached hydrogen (secondary N) is 1. The molecule has 3 nitrogen and oxygen atoms in total. The fourth-order valence-electron chi connectivity index (χ4n) is 1.94. The first-order chi connectivity index (χ1) is 9.63. The Hall–Kier alpha value is -2.01. The molecule has 1 aromatic heterocycles. The fourth-order valence-corrected chi connectivity index (χ4v) is 2.31. The third-order valence-corrected chi connectivity index (χ3v) is 3.89. The van der Waals surface area contributed by atoms with Crippen LogP contribution in [0.25, 0.3) is 10.9 Å². The van der Waals surface area contributed by atoms with Gasteiger partial charge in [0.2, 0.25) is 0 Å². The van der Waals surface area contributed by atoms with Crippen molar-refractivity contribution in [2.75, 3.05) is 5.32 Å². The number of aryl methyl sites for hydroxylation is 1. The fraction of sp³-hybridized carbons (Fsp3) is 0.0667. The summed E-state index contributed by atoms with van der Waals surface area (Å²) in [7, 11) is 0. The molecule has 1 heterocycles. The molecule has 0 spiro atoms. The van der Waals surface area contributed by atoms with Gasteiger partial charge in [-0.25, -0.2) is 14.4 Å². The van der Waals surface area contributed by atoms with E-state index in [0.29, 0.717) is 16.7 Å². The maximum absolute atomic E-state index is 13.4. The van der Waals surface area contributed by atoms with Gasteiger partial charge in [-0.05, 0) is 42.8 Å². The Balaban J connectivity index is 2.05. The number of aromatic nitrogens is 2. The van der Waals surface area contributed by atoms with E-state index in [9.17, 15) is 4.39 Å². The van der Waals surface area contributed by atoms with Gasteiger partial charge in [0, 0.05) is 15.5 Å². The summed E-state index contributed by atoms with van der Waals surface area (Å²) < 4.78 is 14.4. The number of benzene rings is 2. The molecular weight excluding hydrogens is 321 g/mol. The molecule has 0 amide bonds. The van der Waals surface area contributed by atoms with Crippen molar-refractivity contribution in [3.63, 3.8) is 0 Å². The van der Waals surface area contributed by atoms with Crippen LogP contribution < -0.4 is 5.32 Å². The topological polar surface area (TPSA) is 37.8 Å². The molecule has 0 atom stereocenters. The van der Waals surface area contributed by atoms with Crippen molar-refractivity contribution in [3.8, 4) is 0 Å². The monoisotopic (exact) mass is 331 g/mol. The molecule has 0 bridgehead atoms. The number of hydrogen-bond donors (Lipinski definition) is 1. The number of hydrogen-bond acceptors (Lipinski definition) is 3. The van der Waals surface area contributed by atoms with Gasteiger partial charge in [0.05, 0.1) is 5.52 Å². The third kappa shape index (κ3) is 2.49. The van der Waals surface area contributed by atoms with Crippen LogP contribution in [0.5, 0.6) is 0 Å².